The maximum absolute atomic E-state index is 13.1. The van der Waals surface area contributed by atoms with Gasteiger partial charge in [-0.25, -0.2) is 19.0 Å². The summed E-state index contributed by atoms with van der Waals surface area (Å²) in [6.45, 7) is 6.61. The second kappa shape index (κ2) is 6.37. The Labute approximate surface area is 146 Å². The second-order valence-corrected chi connectivity index (χ2v) is 6.51. The summed E-state index contributed by atoms with van der Waals surface area (Å²) in [6, 6.07) is 6.38. The monoisotopic (exact) mass is 337 g/mol. The molecule has 1 aromatic carbocycles. The van der Waals surface area contributed by atoms with Crippen molar-refractivity contribution in [2.45, 2.75) is 33.4 Å². The van der Waals surface area contributed by atoms with Crippen LogP contribution in [-0.4, -0.2) is 31.2 Å². The van der Waals surface area contributed by atoms with Crippen LogP contribution in [0.15, 0.2) is 36.7 Å². The molecular weight excluding hydrogens is 317 g/mol. The van der Waals surface area contributed by atoms with Crippen molar-refractivity contribution in [2.75, 3.05) is 6.54 Å². The zero-order chi connectivity index (χ0) is 17.4. The van der Waals surface area contributed by atoms with Crippen molar-refractivity contribution in [3.8, 4) is 5.69 Å². The van der Waals surface area contributed by atoms with Gasteiger partial charge in [0.25, 0.3) is 0 Å². The molecule has 1 aliphatic rings. The average molecular weight is 337 g/mol. The molecule has 0 unspecified atom stereocenters. The molecule has 0 spiro atoms. The lowest BCUT2D eigenvalue weighted by atomic mass is 10.1. The first-order valence-electron chi connectivity index (χ1n) is 8.43. The fraction of sp³-hybridized carbons (Fsp3) is 0.316. The van der Waals surface area contributed by atoms with Crippen molar-refractivity contribution in [3.63, 3.8) is 0 Å². The molecule has 5 nitrogen and oxygen atoms in total. The normalized spacial score (nSPS) is 14.5. The minimum atomic E-state index is -0.239. The summed E-state index contributed by atoms with van der Waals surface area (Å²) in [7, 11) is 0. The van der Waals surface area contributed by atoms with Crippen LogP contribution in [0.25, 0.3) is 5.69 Å². The summed E-state index contributed by atoms with van der Waals surface area (Å²) in [5, 5.41) is 4.57. The van der Waals surface area contributed by atoms with Gasteiger partial charge in [0.05, 0.1) is 11.4 Å². The zero-order valence-electron chi connectivity index (χ0n) is 14.4. The van der Waals surface area contributed by atoms with Crippen LogP contribution in [0.2, 0.25) is 0 Å². The third-order valence-electron chi connectivity index (χ3n) is 4.62. The van der Waals surface area contributed by atoms with Gasteiger partial charge in [-0.2, -0.15) is 5.10 Å². The van der Waals surface area contributed by atoms with Crippen molar-refractivity contribution < 1.29 is 4.39 Å². The first kappa shape index (κ1) is 15.9. The molecule has 0 amide bonds. The van der Waals surface area contributed by atoms with Crippen LogP contribution in [0.3, 0.4) is 0 Å². The van der Waals surface area contributed by atoms with E-state index in [0.29, 0.717) is 0 Å². The van der Waals surface area contributed by atoms with Gasteiger partial charge in [0.1, 0.15) is 11.6 Å². The van der Waals surface area contributed by atoms with Gasteiger partial charge in [-0.05, 0) is 38.1 Å². The Balaban J connectivity index is 1.52. The molecule has 3 heterocycles. The van der Waals surface area contributed by atoms with Gasteiger partial charge in [0.2, 0.25) is 0 Å². The van der Waals surface area contributed by atoms with E-state index in [9.17, 15) is 4.39 Å². The molecule has 1 aliphatic heterocycles. The Morgan fingerprint density at radius 3 is 2.76 bits per heavy atom. The van der Waals surface area contributed by atoms with Crippen LogP contribution in [0.1, 0.15) is 28.3 Å². The first-order valence-corrected chi connectivity index (χ1v) is 8.43. The standard InChI is InChI=1S/C19H20FN5/c1-13-16(12-25(23-13)18-5-3-17(20)4-6-18)11-24-8-7-19-15(10-24)9-21-14(2)22-19/h3-6,9,12H,7-8,10-11H2,1-2H3. The Kier molecular flexibility index (Phi) is 4.05. The molecule has 0 radical (unpaired) electrons. The Morgan fingerprint density at radius 2 is 1.96 bits per heavy atom. The number of aromatic nitrogens is 4. The molecule has 0 aliphatic carbocycles. The number of nitrogens with zero attached hydrogens (tertiary/aromatic N) is 5. The van der Waals surface area contributed by atoms with Gasteiger partial charge < -0.3 is 0 Å². The quantitative estimate of drug-likeness (QED) is 0.737. The van der Waals surface area contributed by atoms with Crippen molar-refractivity contribution in [3.05, 3.63) is 70.8 Å². The van der Waals surface area contributed by atoms with Crippen molar-refractivity contribution in [2.24, 2.45) is 0 Å². The first-order chi connectivity index (χ1) is 12.1. The van der Waals surface area contributed by atoms with Gasteiger partial charge in [0, 0.05) is 55.3 Å². The van der Waals surface area contributed by atoms with Gasteiger partial charge in [-0.15, -0.1) is 0 Å². The fourth-order valence-corrected chi connectivity index (χ4v) is 3.23. The molecule has 6 heteroatoms. The van der Waals surface area contributed by atoms with Gasteiger partial charge >= 0.3 is 0 Å². The SMILES string of the molecule is Cc1ncc2c(n1)CCN(Cc1cn(-c3ccc(F)cc3)nc1C)C2. The van der Waals surface area contributed by atoms with E-state index >= 15 is 0 Å². The highest BCUT2D eigenvalue weighted by atomic mass is 19.1. The van der Waals surface area contributed by atoms with Crippen LogP contribution in [-0.2, 0) is 19.5 Å². The topological polar surface area (TPSA) is 46.8 Å². The summed E-state index contributed by atoms with van der Waals surface area (Å²) in [6.07, 6.45) is 4.92. The van der Waals surface area contributed by atoms with Crippen molar-refractivity contribution in [1.29, 1.82) is 0 Å². The van der Waals surface area contributed by atoms with E-state index in [1.165, 1.54) is 29.0 Å². The Bertz CT molecular complexity index is 901. The highest BCUT2D eigenvalue weighted by Gasteiger charge is 2.19. The van der Waals surface area contributed by atoms with Gasteiger partial charge in [-0.1, -0.05) is 0 Å². The van der Waals surface area contributed by atoms with Gasteiger partial charge in [0.15, 0.2) is 0 Å². The third kappa shape index (κ3) is 3.30. The summed E-state index contributed by atoms with van der Waals surface area (Å²) < 4.78 is 14.9. The number of hydrogen-bond acceptors (Lipinski definition) is 4. The zero-order valence-corrected chi connectivity index (χ0v) is 14.4. The van der Waals surface area contributed by atoms with Crippen LogP contribution in [0, 0.1) is 19.7 Å². The number of fused-ring (bicyclic) bond motifs is 1. The number of hydrogen-bond donors (Lipinski definition) is 0. The Morgan fingerprint density at radius 1 is 1.16 bits per heavy atom. The smallest absolute Gasteiger partial charge is 0.125 e. The van der Waals surface area contributed by atoms with E-state index in [1.54, 1.807) is 12.1 Å². The van der Waals surface area contributed by atoms with E-state index in [0.717, 1.165) is 43.3 Å². The maximum atomic E-state index is 13.1. The lowest BCUT2D eigenvalue weighted by molar-refractivity contribution is 0.242. The largest absolute Gasteiger partial charge is 0.294 e. The lowest BCUT2D eigenvalue weighted by Crippen LogP contribution is -2.31. The number of benzene rings is 1. The lowest BCUT2D eigenvalue weighted by Gasteiger charge is -2.27. The van der Waals surface area contributed by atoms with E-state index < -0.39 is 0 Å². The molecule has 25 heavy (non-hydrogen) atoms. The average Bonchev–Trinajstić information content (AvgIpc) is 2.96. The van der Waals surface area contributed by atoms with E-state index in [4.69, 9.17) is 0 Å². The number of rotatable bonds is 3. The van der Waals surface area contributed by atoms with Gasteiger partial charge in [-0.3, -0.25) is 4.90 Å². The summed E-state index contributed by atoms with van der Waals surface area (Å²) in [5.74, 6) is 0.598. The minimum Gasteiger partial charge on any atom is -0.294 e. The van der Waals surface area contributed by atoms with Crippen molar-refractivity contribution in [1.82, 2.24) is 24.6 Å². The van der Waals surface area contributed by atoms with E-state index in [2.05, 4.69) is 20.0 Å². The maximum Gasteiger partial charge on any atom is 0.125 e. The molecule has 3 aromatic rings. The molecule has 0 atom stereocenters. The molecule has 0 saturated carbocycles. The predicted octanol–water partition coefficient (Wildman–Crippen LogP) is 2.98. The third-order valence-corrected chi connectivity index (χ3v) is 4.62. The second-order valence-electron chi connectivity index (χ2n) is 6.51. The molecule has 0 saturated heterocycles. The molecule has 4 rings (SSSR count). The molecule has 0 fully saturated rings. The van der Waals surface area contributed by atoms with E-state index in [1.807, 2.05) is 30.9 Å². The summed E-state index contributed by atoms with van der Waals surface area (Å²) in [4.78, 5) is 11.2. The Hall–Kier alpha value is -2.60. The fourth-order valence-electron chi connectivity index (χ4n) is 3.23. The molecule has 0 N–H and O–H groups in total. The summed E-state index contributed by atoms with van der Waals surface area (Å²) in [5.41, 5.74) is 5.42. The summed E-state index contributed by atoms with van der Waals surface area (Å²) >= 11 is 0. The highest BCUT2D eigenvalue weighted by Crippen LogP contribution is 2.20. The number of halogens is 1. The molecular formula is C19H20FN5. The highest BCUT2D eigenvalue weighted by molar-refractivity contribution is 5.33. The van der Waals surface area contributed by atoms with Crippen LogP contribution in [0.5, 0.6) is 0 Å². The predicted molar refractivity (Wildman–Crippen MR) is 92.8 cm³/mol. The number of aryl methyl sites for hydroxylation is 2. The van der Waals surface area contributed by atoms with E-state index in [-0.39, 0.29) is 5.82 Å². The van der Waals surface area contributed by atoms with Crippen LogP contribution < -0.4 is 0 Å². The van der Waals surface area contributed by atoms with Crippen LogP contribution in [0.4, 0.5) is 4.39 Å². The molecule has 0 bridgehead atoms. The minimum absolute atomic E-state index is 0.239. The molecule has 128 valence electrons. The van der Waals surface area contributed by atoms with Crippen LogP contribution >= 0.6 is 0 Å². The molecule has 2 aromatic heterocycles. The van der Waals surface area contributed by atoms with Crippen molar-refractivity contribution >= 4 is 0 Å².